The van der Waals surface area contributed by atoms with Crippen LogP contribution in [0.2, 0.25) is 0 Å². The van der Waals surface area contributed by atoms with E-state index in [4.69, 9.17) is 14.5 Å². The maximum absolute atomic E-state index is 14.9. The highest BCUT2D eigenvalue weighted by molar-refractivity contribution is 7.93. The molecule has 0 saturated carbocycles. The van der Waals surface area contributed by atoms with Gasteiger partial charge in [-0.3, -0.25) is 4.68 Å². The minimum Gasteiger partial charge on any atom is -0.444 e. The molecule has 3 aliphatic heterocycles. The summed E-state index contributed by atoms with van der Waals surface area (Å²) in [4.78, 5) is 21.7. The Hall–Kier alpha value is -3.35. The molecule has 1 N–H and O–H groups in total. The summed E-state index contributed by atoms with van der Waals surface area (Å²) in [5.74, 6) is 0. The van der Waals surface area contributed by atoms with E-state index in [1.807, 2.05) is 40.2 Å². The topological polar surface area (TPSA) is 86.4 Å². The van der Waals surface area contributed by atoms with Gasteiger partial charge in [-0.15, -0.1) is 15.2 Å². The number of carbonyl (C=O) groups excluding carboxylic acids is 1. The zero-order valence-electron chi connectivity index (χ0n) is 22.7. The van der Waals surface area contributed by atoms with Gasteiger partial charge in [0.2, 0.25) is 0 Å². The van der Waals surface area contributed by atoms with Crippen LogP contribution in [0.3, 0.4) is 0 Å². The fraction of sp³-hybridized carbons (Fsp3) is 0.393. The number of amides is 1. The summed E-state index contributed by atoms with van der Waals surface area (Å²) in [7, 11) is 1.85. The number of ether oxygens (including phenoxy) is 2. The number of likely N-dealkylation sites (tertiary alicyclic amines) is 1. The molecule has 0 bridgehead atoms. The van der Waals surface area contributed by atoms with Crippen molar-refractivity contribution in [3.63, 3.8) is 0 Å². The van der Waals surface area contributed by atoms with Gasteiger partial charge in [-0.05, 0) is 44.7 Å². The van der Waals surface area contributed by atoms with Gasteiger partial charge in [0, 0.05) is 76.3 Å². The first-order valence-corrected chi connectivity index (χ1v) is 14.7. The summed E-state index contributed by atoms with van der Waals surface area (Å²) < 4.78 is 30.4. The monoisotopic (exact) mass is 580 g/mol. The molecular formula is C28H29FN6O3S2. The third-order valence-corrected chi connectivity index (χ3v) is 9.30. The van der Waals surface area contributed by atoms with Crippen molar-refractivity contribution in [1.29, 1.82) is 0 Å². The second kappa shape index (κ2) is 9.08. The lowest BCUT2D eigenvalue weighted by molar-refractivity contribution is -0.0320. The van der Waals surface area contributed by atoms with E-state index in [1.54, 1.807) is 37.3 Å². The van der Waals surface area contributed by atoms with Gasteiger partial charge >= 0.3 is 6.09 Å². The lowest BCUT2D eigenvalue weighted by atomic mass is 9.88. The fourth-order valence-electron chi connectivity index (χ4n) is 6.02. The van der Waals surface area contributed by atoms with E-state index in [0.717, 1.165) is 39.1 Å². The van der Waals surface area contributed by atoms with Crippen LogP contribution < -0.4 is 5.32 Å². The van der Waals surface area contributed by atoms with E-state index in [2.05, 4.69) is 22.6 Å². The molecule has 1 amide bonds. The zero-order chi connectivity index (χ0) is 27.8. The van der Waals surface area contributed by atoms with E-state index in [1.165, 1.54) is 10.4 Å². The first-order valence-electron chi connectivity index (χ1n) is 13.2. The summed E-state index contributed by atoms with van der Waals surface area (Å²) in [6.07, 6.45) is 9.72. The van der Waals surface area contributed by atoms with Gasteiger partial charge in [0.05, 0.1) is 25.0 Å². The predicted octanol–water partition coefficient (Wildman–Crippen LogP) is 5.99. The summed E-state index contributed by atoms with van der Waals surface area (Å²) in [5.41, 5.74) is 4.74. The van der Waals surface area contributed by atoms with Crippen LogP contribution in [0, 0.1) is 0 Å². The molecule has 1 atom stereocenters. The Morgan fingerprint density at radius 2 is 2.15 bits per heavy atom. The molecule has 0 radical (unpaired) electrons. The number of nitrogens with one attached hydrogen (secondary N) is 1. The molecular weight excluding hydrogens is 551 g/mol. The number of halogens is 1. The van der Waals surface area contributed by atoms with Gasteiger partial charge in [0.15, 0.2) is 18.0 Å². The molecule has 3 aliphatic rings. The van der Waals surface area contributed by atoms with E-state index in [-0.39, 0.29) is 18.4 Å². The Balaban J connectivity index is 1.47. The number of nitrogens with zero attached hydrogens (tertiary/aromatic N) is 5. The average Bonchev–Trinajstić information content (AvgIpc) is 3.72. The van der Waals surface area contributed by atoms with Gasteiger partial charge in [0.1, 0.15) is 11.2 Å². The van der Waals surface area contributed by atoms with Crippen LogP contribution in [0.5, 0.6) is 0 Å². The fourth-order valence-corrected chi connectivity index (χ4v) is 7.63. The van der Waals surface area contributed by atoms with Crippen LogP contribution in [0.15, 0.2) is 30.9 Å². The quantitative estimate of drug-likeness (QED) is 0.319. The molecule has 12 heteroatoms. The Morgan fingerprint density at radius 1 is 1.30 bits per heavy atom. The van der Waals surface area contributed by atoms with Crippen molar-refractivity contribution in [2.24, 2.45) is 7.05 Å². The van der Waals surface area contributed by atoms with Crippen molar-refractivity contribution in [2.45, 2.75) is 51.5 Å². The highest BCUT2D eigenvalue weighted by Crippen LogP contribution is 2.53. The van der Waals surface area contributed by atoms with Gasteiger partial charge in [-0.2, -0.15) is 5.10 Å². The van der Waals surface area contributed by atoms with E-state index >= 15 is 0 Å². The van der Waals surface area contributed by atoms with Crippen molar-refractivity contribution in [3.8, 4) is 21.7 Å². The number of hydrogen-bond donors (Lipinski definition) is 1. The van der Waals surface area contributed by atoms with Crippen molar-refractivity contribution in [1.82, 2.24) is 29.0 Å². The van der Waals surface area contributed by atoms with E-state index < -0.39 is 11.2 Å². The van der Waals surface area contributed by atoms with E-state index in [9.17, 15) is 8.68 Å². The Labute approximate surface area is 239 Å². The number of fused-ring (bicyclic) bond motifs is 5. The largest absolute Gasteiger partial charge is 0.444 e. The number of thiophene rings is 1. The predicted molar refractivity (Wildman–Crippen MR) is 154 cm³/mol. The van der Waals surface area contributed by atoms with Gasteiger partial charge in [0.25, 0.3) is 0 Å². The summed E-state index contributed by atoms with van der Waals surface area (Å²) >= 11 is 1.82. The van der Waals surface area contributed by atoms with Gasteiger partial charge in [-0.1, -0.05) is 0 Å². The molecule has 4 aromatic rings. The molecule has 7 heterocycles. The Kier molecular flexibility index (Phi) is 5.81. The molecule has 208 valence electrons. The first kappa shape index (κ1) is 25.6. The van der Waals surface area contributed by atoms with Crippen LogP contribution in [0.4, 0.5) is 8.68 Å². The lowest BCUT2D eigenvalue weighted by Crippen LogP contribution is -2.38. The number of hydrogen-bond acceptors (Lipinski definition) is 8. The zero-order valence-corrected chi connectivity index (χ0v) is 24.3. The maximum atomic E-state index is 14.9. The number of aryl methyl sites for hydroxylation is 1. The van der Waals surface area contributed by atoms with Crippen molar-refractivity contribution in [2.75, 3.05) is 13.1 Å². The van der Waals surface area contributed by atoms with Crippen molar-refractivity contribution in [3.05, 3.63) is 52.4 Å². The van der Waals surface area contributed by atoms with E-state index in [0.29, 0.717) is 37.5 Å². The Morgan fingerprint density at radius 3 is 2.88 bits per heavy atom. The second-order valence-corrected chi connectivity index (χ2v) is 13.1. The number of rotatable bonds is 3. The summed E-state index contributed by atoms with van der Waals surface area (Å²) in [5, 5.41) is 8.54. The molecule has 40 heavy (non-hydrogen) atoms. The van der Waals surface area contributed by atoms with Crippen LogP contribution in [-0.2, 0) is 35.3 Å². The SMILES string of the molecule is Cn1cc(-c2c(-c3cc4c(s3)C=CNC4)c3c4c(cnc3n2SF)COC42CCN(C(=O)OC(C)(C)C)C2)cn1. The highest BCUT2D eigenvalue weighted by atomic mass is 32.2. The molecule has 1 spiro atoms. The molecule has 7 rings (SSSR count). The normalized spacial score (nSPS) is 19.9. The molecule has 4 aromatic heterocycles. The van der Waals surface area contributed by atoms with Crippen molar-refractivity contribution < 1.29 is 18.2 Å². The number of aromatic nitrogens is 4. The molecule has 0 aromatic carbocycles. The van der Waals surface area contributed by atoms with Crippen LogP contribution in [0.1, 0.15) is 48.8 Å². The standard InChI is InChI=1S/C28H29FN6O3S2/c1-27(2,3)38-26(36)34-8-6-28(15-34)23-18(14-37-28)11-31-25-22(23)21(20-9-16-10-30-7-5-19(16)39-20)24(35(25)40-29)17-12-32-33(4)13-17/h5,7,9,11-13,30H,6,8,10,14-15H2,1-4H3. The van der Waals surface area contributed by atoms with Gasteiger partial charge in [-0.25, -0.2) is 13.8 Å². The summed E-state index contributed by atoms with van der Waals surface area (Å²) in [6.45, 7) is 7.56. The first-order chi connectivity index (χ1) is 19.2. The number of carbonyl (C=O) groups is 1. The lowest BCUT2D eigenvalue weighted by Gasteiger charge is -2.27. The average molecular weight is 581 g/mol. The summed E-state index contributed by atoms with van der Waals surface area (Å²) in [6, 6.07) is 2.18. The number of pyridine rings is 1. The van der Waals surface area contributed by atoms with Gasteiger partial charge < -0.3 is 19.7 Å². The van der Waals surface area contributed by atoms with Crippen LogP contribution >= 0.6 is 23.7 Å². The minimum absolute atomic E-state index is 0.138. The highest BCUT2D eigenvalue weighted by Gasteiger charge is 2.50. The van der Waals surface area contributed by atoms with Crippen molar-refractivity contribution >= 4 is 46.9 Å². The molecule has 1 unspecified atom stereocenters. The maximum Gasteiger partial charge on any atom is 0.410 e. The van der Waals surface area contributed by atoms with Crippen LogP contribution in [-0.4, -0.2) is 48.4 Å². The molecule has 9 nitrogen and oxygen atoms in total. The molecule has 1 fully saturated rings. The third kappa shape index (κ3) is 3.95. The molecule has 1 saturated heterocycles. The second-order valence-electron chi connectivity index (χ2n) is 11.5. The Bertz CT molecular complexity index is 1700. The van der Waals surface area contributed by atoms with Crippen LogP contribution in [0.25, 0.3) is 38.8 Å². The minimum atomic E-state index is -0.736. The third-order valence-electron chi connectivity index (χ3n) is 7.64. The molecule has 0 aliphatic carbocycles. The smallest absolute Gasteiger partial charge is 0.410 e.